The Hall–Kier alpha value is -2.18. The Morgan fingerprint density at radius 3 is 2.50 bits per heavy atom. The highest BCUT2D eigenvalue weighted by atomic mass is 32.2. The van der Waals surface area contributed by atoms with Crippen molar-refractivity contribution in [3.05, 3.63) is 59.2 Å². The monoisotopic (exact) mass is 375 g/mol. The number of hydrogen-bond donors (Lipinski definition) is 1. The van der Waals surface area contributed by atoms with E-state index in [-0.39, 0.29) is 12.3 Å². The minimum atomic E-state index is -3.30. The molecule has 0 aromatic heterocycles. The smallest absolute Gasteiger partial charge is 0.338 e. The minimum absolute atomic E-state index is 0.119. The molecule has 0 saturated heterocycles. The maximum absolute atomic E-state index is 12.1. The molecule has 0 radical (unpaired) electrons. The van der Waals surface area contributed by atoms with Gasteiger partial charge < -0.3 is 4.74 Å². The van der Waals surface area contributed by atoms with Crippen LogP contribution in [0.25, 0.3) is 11.1 Å². The standard InChI is InChI=1S/C20H25NO4S/c1-4-5-12-26(23,24)21-14-16-10-11-18(20(22)25-3)19(13-16)17-9-7-6-8-15(17)2/h6-11,13,21H,4-5,12,14H2,1-3H3. The molecule has 0 aliphatic carbocycles. The van der Waals surface area contributed by atoms with Gasteiger partial charge in [-0.3, -0.25) is 0 Å². The fourth-order valence-electron chi connectivity index (χ4n) is 2.69. The van der Waals surface area contributed by atoms with Crippen LogP contribution in [0.15, 0.2) is 42.5 Å². The third-order valence-electron chi connectivity index (χ3n) is 4.19. The molecule has 0 heterocycles. The van der Waals surface area contributed by atoms with Crippen LogP contribution in [0.5, 0.6) is 0 Å². The molecule has 6 heteroatoms. The summed E-state index contributed by atoms with van der Waals surface area (Å²) in [6.07, 6.45) is 1.46. The molecule has 0 spiro atoms. The molecule has 2 aromatic carbocycles. The Morgan fingerprint density at radius 1 is 1.12 bits per heavy atom. The molecule has 0 amide bonds. The fourth-order valence-corrected chi connectivity index (χ4v) is 3.89. The van der Waals surface area contributed by atoms with E-state index in [0.29, 0.717) is 12.0 Å². The molecule has 140 valence electrons. The van der Waals surface area contributed by atoms with Gasteiger partial charge in [-0.2, -0.15) is 0 Å². The number of nitrogens with one attached hydrogen (secondary N) is 1. The van der Waals surface area contributed by atoms with Gasteiger partial charge in [0.2, 0.25) is 10.0 Å². The molecule has 0 bridgehead atoms. The third-order valence-corrected chi connectivity index (χ3v) is 5.60. The number of methoxy groups -OCH3 is 1. The van der Waals surface area contributed by atoms with Gasteiger partial charge in [0, 0.05) is 6.54 Å². The van der Waals surface area contributed by atoms with E-state index in [9.17, 15) is 13.2 Å². The van der Waals surface area contributed by atoms with Crippen molar-refractivity contribution in [2.75, 3.05) is 12.9 Å². The summed E-state index contributed by atoms with van der Waals surface area (Å²) in [7, 11) is -1.95. The van der Waals surface area contributed by atoms with E-state index in [0.717, 1.165) is 28.7 Å². The number of carbonyl (C=O) groups is 1. The Labute approximate surface area is 155 Å². The zero-order valence-corrected chi connectivity index (χ0v) is 16.2. The van der Waals surface area contributed by atoms with Crippen molar-refractivity contribution >= 4 is 16.0 Å². The molecule has 0 aliphatic heterocycles. The average molecular weight is 375 g/mol. The average Bonchev–Trinajstić information content (AvgIpc) is 2.64. The van der Waals surface area contributed by atoms with Crippen LogP contribution in [0.2, 0.25) is 0 Å². The van der Waals surface area contributed by atoms with Crippen LogP contribution >= 0.6 is 0 Å². The number of ether oxygens (including phenoxy) is 1. The van der Waals surface area contributed by atoms with Crippen LogP contribution in [0, 0.1) is 6.92 Å². The second-order valence-electron chi connectivity index (χ2n) is 6.18. The highest BCUT2D eigenvalue weighted by molar-refractivity contribution is 7.89. The van der Waals surface area contributed by atoms with Crippen molar-refractivity contribution in [1.82, 2.24) is 4.72 Å². The summed E-state index contributed by atoms with van der Waals surface area (Å²) in [4.78, 5) is 12.1. The van der Waals surface area contributed by atoms with Gasteiger partial charge in [0.15, 0.2) is 0 Å². The zero-order chi connectivity index (χ0) is 19.2. The maximum Gasteiger partial charge on any atom is 0.338 e. The van der Waals surface area contributed by atoms with Crippen LogP contribution in [0.4, 0.5) is 0 Å². The van der Waals surface area contributed by atoms with Crippen LogP contribution in [-0.2, 0) is 21.3 Å². The molecule has 26 heavy (non-hydrogen) atoms. The summed E-state index contributed by atoms with van der Waals surface area (Å²) in [6.45, 7) is 4.11. The molecule has 2 rings (SSSR count). The van der Waals surface area contributed by atoms with E-state index in [4.69, 9.17) is 4.74 Å². The number of hydrogen-bond acceptors (Lipinski definition) is 4. The fraction of sp³-hybridized carbons (Fsp3) is 0.350. The van der Waals surface area contributed by atoms with E-state index in [1.54, 1.807) is 12.1 Å². The maximum atomic E-state index is 12.1. The predicted octanol–water partition coefficient (Wildman–Crippen LogP) is 3.67. The Bertz CT molecular complexity index is 875. The molecule has 1 N–H and O–H groups in total. The first-order valence-electron chi connectivity index (χ1n) is 8.62. The number of esters is 1. The van der Waals surface area contributed by atoms with Crippen molar-refractivity contribution in [3.63, 3.8) is 0 Å². The topological polar surface area (TPSA) is 72.5 Å². The van der Waals surface area contributed by atoms with Gasteiger partial charge in [0.1, 0.15) is 0 Å². The molecule has 0 saturated carbocycles. The summed E-state index contributed by atoms with van der Waals surface area (Å²) < 4.78 is 31.5. The van der Waals surface area contributed by atoms with Gasteiger partial charge in [0.05, 0.1) is 18.4 Å². The highest BCUT2D eigenvalue weighted by Crippen LogP contribution is 2.28. The highest BCUT2D eigenvalue weighted by Gasteiger charge is 2.16. The van der Waals surface area contributed by atoms with Crippen LogP contribution in [-0.4, -0.2) is 27.2 Å². The Morgan fingerprint density at radius 2 is 1.85 bits per heavy atom. The molecule has 0 fully saturated rings. The minimum Gasteiger partial charge on any atom is -0.465 e. The molecule has 2 aromatic rings. The lowest BCUT2D eigenvalue weighted by Gasteiger charge is -2.13. The van der Waals surface area contributed by atoms with E-state index in [2.05, 4.69) is 4.72 Å². The summed E-state index contributed by atoms with van der Waals surface area (Å²) in [6, 6.07) is 13.0. The molecule has 5 nitrogen and oxygen atoms in total. The van der Waals surface area contributed by atoms with E-state index in [1.165, 1.54) is 7.11 Å². The molecule has 0 aliphatic rings. The Balaban J connectivity index is 2.35. The van der Waals surface area contributed by atoms with Gasteiger partial charge in [-0.25, -0.2) is 17.9 Å². The number of carbonyl (C=O) groups excluding carboxylic acids is 1. The van der Waals surface area contributed by atoms with Crippen molar-refractivity contribution in [3.8, 4) is 11.1 Å². The molecule has 0 atom stereocenters. The summed E-state index contributed by atoms with van der Waals surface area (Å²) in [5, 5.41) is 0. The summed E-state index contributed by atoms with van der Waals surface area (Å²) in [5.41, 5.74) is 3.93. The SMILES string of the molecule is CCCCS(=O)(=O)NCc1ccc(C(=O)OC)c(-c2ccccc2C)c1. The van der Waals surface area contributed by atoms with Gasteiger partial charge in [-0.05, 0) is 47.7 Å². The zero-order valence-electron chi connectivity index (χ0n) is 15.4. The van der Waals surface area contributed by atoms with Crippen molar-refractivity contribution in [2.24, 2.45) is 0 Å². The normalized spacial score (nSPS) is 11.3. The number of unbranched alkanes of at least 4 members (excludes halogenated alkanes) is 1. The largest absolute Gasteiger partial charge is 0.465 e. The quantitative estimate of drug-likeness (QED) is 0.715. The van der Waals surface area contributed by atoms with E-state index >= 15 is 0 Å². The predicted molar refractivity (Wildman–Crippen MR) is 103 cm³/mol. The van der Waals surface area contributed by atoms with E-state index in [1.807, 2.05) is 44.2 Å². The van der Waals surface area contributed by atoms with Gasteiger partial charge in [-0.15, -0.1) is 0 Å². The first kappa shape index (κ1) is 20.1. The molecular weight excluding hydrogens is 350 g/mol. The lowest BCUT2D eigenvalue weighted by atomic mass is 9.94. The second kappa shape index (κ2) is 8.96. The number of aryl methyl sites for hydroxylation is 1. The Kier molecular flexibility index (Phi) is 6.94. The van der Waals surface area contributed by atoms with Gasteiger partial charge in [0.25, 0.3) is 0 Å². The van der Waals surface area contributed by atoms with Crippen LogP contribution in [0.1, 0.15) is 41.3 Å². The van der Waals surface area contributed by atoms with Crippen molar-refractivity contribution in [2.45, 2.75) is 33.2 Å². The van der Waals surface area contributed by atoms with Crippen molar-refractivity contribution < 1.29 is 17.9 Å². The molecular formula is C20H25NO4S. The number of sulfonamides is 1. The van der Waals surface area contributed by atoms with Crippen LogP contribution in [0.3, 0.4) is 0 Å². The first-order chi connectivity index (χ1) is 12.4. The first-order valence-corrected chi connectivity index (χ1v) is 10.3. The lowest BCUT2D eigenvalue weighted by molar-refractivity contribution is 0.0601. The van der Waals surface area contributed by atoms with Gasteiger partial charge in [-0.1, -0.05) is 43.7 Å². The third kappa shape index (κ3) is 5.16. The van der Waals surface area contributed by atoms with E-state index < -0.39 is 16.0 Å². The summed E-state index contributed by atoms with van der Waals surface area (Å²) in [5.74, 6) is -0.299. The lowest BCUT2D eigenvalue weighted by Crippen LogP contribution is -2.26. The van der Waals surface area contributed by atoms with Crippen LogP contribution < -0.4 is 4.72 Å². The second-order valence-corrected chi connectivity index (χ2v) is 8.11. The van der Waals surface area contributed by atoms with Crippen molar-refractivity contribution in [1.29, 1.82) is 0 Å². The number of benzene rings is 2. The van der Waals surface area contributed by atoms with Gasteiger partial charge >= 0.3 is 5.97 Å². The number of rotatable bonds is 8. The molecule has 0 unspecified atom stereocenters. The summed E-state index contributed by atoms with van der Waals surface area (Å²) >= 11 is 0.